The van der Waals surface area contributed by atoms with Crippen LogP contribution >= 0.6 is 0 Å². The van der Waals surface area contributed by atoms with Crippen molar-refractivity contribution < 1.29 is 0 Å². The van der Waals surface area contributed by atoms with Gasteiger partial charge in [-0.1, -0.05) is 52.4 Å². The number of nitrogens with zero attached hydrogens (tertiary/aromatic N) is 2. The van der Waals surface area contributed by atoms with Crippen LogP contribution in [0.15, 0.2) is 6.07 Å². The topological polar surface area (TPSA) is 55.9 Å². The fourth-order valence-corrected chi connectivity index (χ4v) is 2.64. The molecule has 1 heterocycles. The summed E-state index contributed by atoms with van der Waals surface area (Å²) in [6.07, 6.45) is 9.99. The maximum Gasteiger partial charge on any atom is 0.0629 e. The standard InChI is InChI=1S/C16H32N4/c1-4-7-8-9-10-11-12-15(18-17)16-13-14(5-2)19-20(16)6-3/h13,15,18H,4-12,17H2,1-3H3. The van der Waals surface area contributed by atoms with E-state index < -0.39 is 0 Å². The van der Waals surface area contributed by atoms with Gasteiger partial charge in [-0.15, -0.1) is 0 Å². The quantitative estimate of drug-likeness (QED) is 0.369. The van der Waals surface area contributed by atoms with E-state index in [-0.39, 0.29) is 6.04 Å². The van der Waals surface area contributed by atoms with Gasteiger partial charge in [-0.3, -0.25) is 16.0 Å². The molecular weight excluding hydrogens is 248 g/mol. The first-order valence-electron chi connectivity index (χ1n) is 8.29. The van der Waals surface area contributed by atoms with Crippen LogP contribution in [0.5, 0.6) is 0 Å². The zero-order valence-corrected chi connectivity index (χ0v) is 13.5. The summed E-state index contributed by atoms with van der Waals surface area (Å²) in [5.74, 6) is 5.75. The van der Waals surface area contributed by atoms with Gasteiger partial charge in [-0.05, 0) is 25.8 Å². The number of nitrogens with one attached hydrogen (secondary N) is 1. The van der Waals surface area contributed by atoms with E-state index in [9.17, 15) is 0 Å². The minimum atomic E-state index is 0.230. The summed E-state index contributed by atoms with van der Waals surface area (Å²) in [5, 5.41) is 4.61. The summed E-state index contributed by atoms with van der Waals surface area (Å²) < 4.78 is 2.08. The molecule has 3 N–H and O–H groups in total. The highest BCUT2D eigenvalue weighted by Gasteiger charge is 2.15. The molecular formula is C16H32N4. The van der Waals surface area contributed by atoms with Crippen molar-refractivity contribution in [3.63, 3.8) is 0 Å². The average molecular weight is 280 g/mol. The van der Waals surface area contributed by atoms with E-state index in [0.29, 0.717) is 0 Å². The first-order valence-corrected chi connectivity index (χ1v) is 8.29. The maximum atomic E-state index is 5.75. The van der Waals surface area contributed by atoms with E-state index in [4.69, 9.17) is 5.84 Å². The second-order valence-corrected chi connectivity index (χ2v) is 5.51. The molecule has 0 fully saturated rings. The molecule has 1 aromatic rings. The molecule has 0 aromatic carbocycles. The molecule has 1 unspecified atom stereocenters. The largest absolute Gasteiger partial charge is 0.271 e. The molecule has 0 amide bonds. The van der Waals surface area contributed by atoms with Crippen LogP contribution in [0, 0.1) is 0 Å². The van der Waals surface area contributed by atoms with Crippen LogP contribution in [0.4, 0.5) is 0 Å². The van der Waals surface area contributed by atoms with Crippen LogP contribution in [0.25, 0.3) is 0 Å². The van der Waals surface area contributed by atoms with Crippen molar-refractivity contribution in [3.05, 3.63) is 17.5 Å². The van der Waals surface area contributed by atoms with E-state index >= 15 is 0 Å². The lowest BCUT2D eigenvalue weighted by Crippen LogP contribution is -2.29. The van der Waals surface area contributed by atoms with Crippen molar-refractivity contribution in [2.24, 2.45) is 5.84 Å². The molecule has 0 saturated carbocycles. The smallest absolute Gasteiger partial charge is 0.0629 e. The molecule has 1 rings (SSSR count). The summed E-state index contributed by atoms with van der Waals surface area (Å²) in [6, 6.07) is 2.43. The number of hydrazine groups is 1. The van der Waals surface area contributed by atoms with Gasteiger partial charge >= 0.3 is 0 Å². The van der Waals surface area contributed by atoms with E-state index in [1.165, 1.54) is 44.2 Å². The van der Waals surface area contributed by atoms with Gasteiger partial charge in [0.05, 0.1) is 17.4 Å². The van der Waals surface area contributed by atoms with Gasteiger partial charge in [0.1, 0.15) is 0 Å². The molecule has 0 aliphatic heterocycles. The van der Waals surface area contributed by atoms with Gasteiger partial charge in [-0.25, -0.2) is 0 Å². The molecule has 0 spiro atoms. The zero-order chi connectivity index (χ0) is 14.8. The highest BCUT2D eigenvalue weighted by molar-refractivity contribution is 5.14. The Morgan fingerprint density at radius 2 is 1.85 bits per heavy atom. The molecule has 116 valence electrons. The van der Waals surface area contributed by atoms with Crippen LogP contribution in [0.1, 0.15) is 83.1 Å². The Balaban J connectivity index is 2.46. The van der Waals surface area contributed by atoms with Crippen LogP contribution in [0.3, 0.4) is 0 Å². The first kappa shape index (κ1) is 17.2. The molecule has 4 nitrogen and oxygen atoms in total. The molecule has 0 saturated heterocycles. The number of hydrogen-bond donors (Lipinski definition) is 2. The van der Waals surface area contributed by atoms with Crippen molar-refractivity contribution in [1.82, 2.24) is 15.2 Å². The van der Waals surface area contributed by atoms with Gasteiger partial charge < -0.3 is 0 Å². The first-order chi connectivity index (χ1) is 9.76. The van der Waals surface area contributed by atoms with Crippen molar-refractivity contribution in [1.29, 1.82) is 0 Å². The third-order valence-corrected chi connectivity index (χ3v) is 3.93. The molecule has 4 heteroatoms. The summed E-state index contributed by atoms with van der Waals surface area (Å²) >= 11 is 0. The van der Waals surface area contributed by atoms with Crippen LogP contribution in [0.2, 0.25) is 0 Å². The molecule has 0 aliphatic carbocycles. The fraction of sp³-hybridized carbons (Fsp3) is 0.812. The fourth-order valence-electron chi connectivity index (χ4n) is 2.64. The second kappa shape index (κ2) is 9.94. The number of aryl methyl sites for hydroxylation is 2. The van der Waals surface area contributed by atoms with Gasteiger partial charge in [0.15, 0.2) is 0 Å². The predicted octanol–water partition coefficient (Wildman–Crippen LogP) is 3.72. The van der Waals surface area contributed by atoms with Crippen LogP contribution in [-0.2, 0) is 13.0 Å². The molecule has 0 bridgehead atoms. The Bertz CT molecular complexity index is 359. The lowest BCUT2D eigenvalue weighted by atomic mass is 10.0. The Labute approximate surface area is 124 Å². The lowest BCUT2D eigenvalue weighted by Gasteiger charge is -2.17. The van der Waals surface area contributed by atoms with Gasteiger partial charge in [-0.2, -0.15) is 5.10 Å². The average Bonchev–Trinajstić information content (AvgIpc) is 2.90. The molecule has 0 radical (unpaired) electrons. The summed E-state index contributed by atoms with van der Waals surface area (Å²) in [4.78, 5) is 0. The molecule has 0 aliphatic rings. The SMILES string of the molecule is CCCCCCCCC(NN)c1cc(CC)nn1CC. The van der Waals surface area contributed by atoms with E-state index in [0.717, 1.165) is 25.1 Å². The molecule has 1 atom stereocenters. The predicted molar refractivity (Wildman–Crippen MR) is 85.3 cm³/mol. The van der Waals surface area contributed by atoms with Crippen molar-refractivity contribution in [2.75, 3.05) is 0 Å². The summed E-state index contributed by atoms with van der Waals surface area (Å²) in [5.41, 5.74) is 5.37. The second-order valence-electron chi connectivity index (χ2n) is 5.51. The molecule has 1 aromatic heterocycles. The molecule has 20 heavy (non-hydrogen) atoms. The number of unbranched alkanes of at least 4 members (excludes halogenated alkanes) is 5. The Kier molecular flexibility index (Phi) is 8.54. The zero-order valence-electron chi connectivity index (χ0n) is 13.5. The van der Waals surface area contributed by atoms with E-state index in [1.54, 1.807) is 0 Å². The van der Waals surface area contributed by atoms with Crippen molar-refractivity contribution >= 4 is 0 Å². The minimum absolute atomic E-state index is 0.230. The Morgan fingerprint density at radius 3 is 2.45 bits per heavy atom. The third kappa shape index (κ3) is 5.25. The Morgan fingerprint density at radius 1 is 1.15 bits per heavy atom. The van der Waals surface area contributed by atoms with Crippen molar-refractivity contribution in [2.45, 2.75) is 84.7 Å². The highest BCUT2D eigenvalue weighted by Crippen LogP contribution is 2.21. The third-order valence-electron chi connectivity index (χ3n) is 3.93. The highest BCUT2D eigenvalue weighted by atomic mass is 15.3. The van der Waals surface area contributed by atoms with Crippen LogP contribution < -0.4 is 11.3 Å². The van der Waals surface area contributed by atoms with Crippen LogP contribution in [-0.4, -0.2) is 9.78 Å². The number of hydrogen-bond acceptors (Lipinski definition) is 3. The minimum Gasteiger partial charge on any atom is -0.271 e. The van der Waals surface area contributed by atoms with Gasteiger partial charge in [0.2, 0.25) is 0 Å². The van der Waals surface area contributed by atoms with Gasteiger partial charge in [0.25, 0.3) is 0 Å². The van der Waals surface area contributed by atoms with E-state index in [2.05, 4.69) is 42.0 Å². The summed E-state index contributed by atoms with van der Waals surface area (Å²) in [7, 11) is 0. The summed E-state index contributed by atoms with van der Waals surface area (Å²) in [6.45, 7) is 7.44. The number of nitrogens with two attached hydrogens (primary N) is 1. The maximum absolute atomic E-state index is 5.75. The number of rotatable bonds is 11. The van der Waals surface area contributed by atoms with Crippen molar-refractivity contribution in [3.8, 4) is 0 Å². The normalized spacial score (nSPS) is 12.8. The Hall–Kier alpha value is -0.870. The number of aromatic nitrogens is 2. The van der Waals surface area contributed by atoms with E-state index in [1.807, 2.05) is 0 Å². The monoisotopic (exact) mass is 280 g/mol. The van der Waals surface area contributed by atoms with Gasteiger partial charge in [0, 0.05) is 6.54 Å². The lowest BCUT2D eigenvalue weighted by molar-refractivity contribution is 0.442.